The Balaban J connectivity index is 1.56. The molecule has 0 amide bonds. The van der Waals surface area contributed by atoms with Gasteiger partial charge in [0, 0.05) is 38.7 Å². The molecule has 0 aliphatic carbocycles. The van der Waals surface area contributed by atoms with E-state index in [9.17, 15) is 0 Å². The molecule has 0 saturated heterocycles. The molecule has 2 aromatic carbocycles. The van der Waals surface area contributed by atoms with Crippen molar-refractivity contribution in [3.63, 3.8) is 0 Å². The summed E-state index contributed by atoms with van der Waals surface area (Å²) in [5.41, 5.74) is 3.15. The van der Waals surface area contributed by atoms with Crippen LogP contribution in [0.2, 0.25) is 0 Å². The Labute approximate surface area is 142 Å². The van der Waals surface area contributed by atoms with Gasteiger partial charge in [0.05, 0.1) is 11.9 Å². The molecular formula is C19H21N5. The fourth-order valence-corrected chi connectivity index (χ4v) is 2.38. The average molecular weight is 319 g/mol. The standard InChI is InChI=1S/C19H21N5/c1-23-12-13-24(2)19(23)15-21-22-18-10-8-17(9-11-18)20-14-16-6-4-3-5-7-16/h3-13,15,20H,14H2,1-2H3. The summed E-state index contributed by atoms with van der Waals surface area (Å²) in [5.74, 6) is 0.986. The fraction of sp³-hybridized carbons (Fsp3) is 0.158. The average Bonchev–Trinajstić information content (AvgIpc) is 2.94. The number of anilines is 1. The number of rotatable bonds is 5. The number of benzene rings is 2. The van der Waals surface area contributed by atoms with E-state index < -0.39 is 0 Å². The minimum Gasteiger partial charge on any atom is -0.381 e. The van der Waals surface area contributed by atoms with Gasteiger partial charge in [-0.05, 0) is 29.8 Å². The Morgan fingerprint density at radius 3 is 2.25 bits per heavy atom. The molecule has 1 aliphatic heterocycles. The smallest absolute Gasteiger partial charge is 0.132 e. The van der Waals surface area contributed by atoms with E-state index in [-0.39, 0.29) is 0 Å². The van der Waals surface area contributed by atoms with Crippen LogP contribution in [0.5, 0.6) is 0 Å². The van der Waals surface area contributed by atoms with E-state index in [1.54, 1.807) is 6.20 Å². The molecule has 24 heavy (non-hydrogen) atoms. The van der Waals surface area contributed by atoms with Gasteiger partial charge in [0.1, 0.15) is 5.82 Å². The van der Waals surface area contributed by atoms with Gasteiger partial charge >= 0.3 is 0 Å². The quantitative estimate of drug-likeness (QED) is 0.823. The topological polar surface area (TPSA) is 43.2 Å². The molecule has 2 aromatic rings. The van der Waals surface area contributed by atoms with Crippen LogP contribution >= 0.6 is 0 Å². The molecule has 0 saturated carbocycles. The molecule has 0 unspecified atom stereocenters. The first-order valence-corrected chi connectivity index (χ1v) is 7.85. The summed E-state index contributed by atoms with van der Waals surface area (Å²) >= 11 is 0. The van der Waals surface area contributed by atoms with Gasteiger partial charge in [-0.15, -0.1) is 0 Å². The molecule has 0 aromatic heterocycles. The molecule has 1 heterocycles. The molecule has 0 spiro atoms. The number of nitrogens with zero attached hydrogens (tertiary/aromatic N) is 4. The van der Waals surface area contributed by atoms with Crippen LogP contribution in [-0.2, 0) is 6.54 Å². The van der Waals surface area contributed by atoms with Crippen molar-refractivity contribution >= 4 is 11.4 Å². The summed E-state index contributed by atoms with van der Waals surface area (Å²) in [6.07, 6.45) is 5.71. The van der Waals surface area contributed by atoms with Crippen LogP contribution < -0.4 is 5.32 Å². The second-order valence-electron chi connectivity index (χ2n) is 5.61. The molecule has 5 heteroatoms. The number of nitrogens with one attached hydrogen (secondary N) is 1. The zero-order valence-corrected chi connectivity index (χ0v) is 13.9. The maximum absolute atomic E-state index is 4.24. The first-order chi connectivity index (χ1) is 11.7. The van der Waals surface area contributed by atoms with E-state index in [1.165, 1.54) is 5.56 Å². The van der Waals surface area contributed by atoms with E-state index in [1.807, 2.05) is 78.8 Å². The SMILES string of the molecule is CN1C=CN(C)C1=CN=Nc1ccc(NCc2ccccc2)cc1. The molecule has 0 fully saturated rings. The second kappa shape index (κ2) is 7.46. The number of hydrogen-bond donors (Lipinski definition) is 1. The lowest BCUT2D eigenvalue weighted by molar-refractivity contribution is 0.445. The summed E-state index contributed by atoms with van der Waals surface area (Å²) in [6.45, 7) is 0.805. The normalized spacial score (nSPS) is 13.8. The Morgan fingerprint density at radius 1 is 0.917 bits per heavy atom. The highest BCUT2D eigenvalue weighted by Crippen LogP contribution is 2.19. The highest BCUT2D eigenvalue weighted by atomic mass is 15.3. The lowest BCUT2D eigenvalue weighted by Gasteiger charge is -2.15. The summed E-state index contributed by atoms with van der Waals surface area (Å²) in [5, 5.41) is 11.8. The largest absolute Gasteiger partial charge is 0.381 e. The van der Waals surface area contributed by atoms with Gasteiger partial charge in [-0.1, -0.05) is 30.3 Å². The van der Waals surface area contributed by atoms with Gasteiger partial charge in [-0.3, -0.25) is 0 Å². The third-order valence-corrected chi connectivity index (χ3v) is 3.79. The molecule has 0 radical (unpaired) electrons. The van der Waals surface area contributed by atoms with Crippen LogP contribution in [0.25, 0.3) is 0 Å². The lowest BCUT2D eigenvalue weighted by atomic mass is 10.2. The van der Waals surface area contributed by atoms with Gasteiger partial charge in [-0.2, -0.15) is 10.2 Å². The van der Waals surface area contributed by atoms with E-state index in [0.29, 0.717) is 0 Å². The van der Waals surface area contributed by atoms with Crippen LogP contribution in [0.3, 0.4) is 0 Å². The second-order valence-corrected chi connectivity index (χ2v) is 5.61. The summed E-state index contributed by atoms with van der Waals surface area (Å²) < 4.78 is 0. The lowest BCUT2D eigenvalue weighted by Crippen LogP contribution is -2.15. The van der Waals surface area contributed by atoms with E-state index in [2.05, 4.69) is 27.7 Å². The van der Waals surface area contributed by atoms with Crippen LogP contribution in [0.4, 0.5) is 11.4 Å². The number of hydrogen-bond acceptors (Lipinski definition) is 5. The third kappa shape index (κ3) is 4.01. The molecule has 0 bridgehead atoms. The monoisotopic (exact) mass is 319 g/mol. The first kappa shape index (κ1) is 15.8. The predicted octanol–water partition coefficient (Wildman–Crippen LogP) is 4.53. The minimum absolute atomic E-state index is 0.805. The van der Waals surface area contributed by atoms with Crippen molar-refractivity contribution in [2.75, 3.05) is 19.4 Å². The van der Waals surface area contributed by atoms with Crippen molar-refractivity contribution < 1.29 is 0 Å². The van der Waals surface area contributed by atoms with Gasteiger partial charge in [-0.25, -0.2) is 0 Å². The van der Waals surface area contributed by atoms with E-state index >= 15 is 0 Å². The van der Waals surface area contributed by atoms with E-state index in [4.69, 9.17) is 0 Å². The van der Waals surface area contributed by atoms with Crippen molar-refractivity contribution in [3.05, 3.63) is 84.6 Å². The first-order valence-electron chi connectivity index (χ1n) is 7.85. The van der Waals surface area contributed by atoms with Crippen molar-refractivity contribution in [2.45, 2.75) is 6.54 Å². The molecule has 5 nitrogen and oxygen atoms in total. The minimum atomic E-state index is 0.805. The molecule has 1 N–H and O–H groups in total. The highest BCUT2D eigenvalue weighted by molar-refractivity contribution is 5.50. The Hall–Kier alpha value is -3.08. The molecule has 122 valence electrons. The van der Waals surface area contributed by atoms with Crippen molar-refractivity contribution in [1.82, 2.24) is 9.80 Å². The maximum atomic E-state index is 4.24. The van der Waals surface area contributed by atoms with Crippen LogP contribution in [0.1, 0.15) is 5.56 Å². The third-order valence-electron chi connectivity index (χ3n) is 3.79. The highest BCUT2D eigenvalue weighted by Gasteiger charge is 2.11. The van der Waals surface area contributed by atoms with Gasteiger partial charge in [0.25, 0.3) is 0 Å². The van der Waals surface area contributed by atoms with E-state index in [0.717, 1.165) is 23.7 Å². The number of azo groups is 1. The van der Waals surface area contributed by atoms with Crippen molar-refractivity contribution in [1.29, 1.82) is 0 Å². The zero-order valence-electron chi connectivity index (χ0n) is 13.9. The molecular weight excluding hydrogens is 298 g/mol. The zero-order chi connectivity index (χ0) is 16.8. The summed E-state index contributed by atoms with van der Waals surface area (Å²) in [6, 6.07) is 18.3. The van der Waals surface area contributed by atoms with Gasteiger partial charge in [0.2, 0.25) is 0 Å². The van der Waals surface area contributed by atoms with Gasteiger partial charge < -0.3 is 15.1 Å². The van der Waals surface area contributed by atoms with Crippen molar-refractivity contribution in [2.24, 2.45) is 10.2 Å². The molecule has 1 aliphatic rings. The Kier molecular flexibility index (Phi) is 4.91. The Morgan fingerprint density at radius 2 is 1.58 bits per heavy atom. The van der Waals surface area contributed by atoms with Crippen molar-refractivity contribution in [3.8, 4) is 0 Å². The molecule has 3 rings (SSSR count). The van der Waals surface area contributed by atoms with Crippen LogP contribution in [0.15, 0.2) is 89.2 Å². The summed E-state index contributed by atoms with van der Waals surface area (Å²) in [7, 11) is 3.96. The van der Waals surface area contributed by atoms with Crippen LogP contribution in [-0.4, -0.2) is 23.9 Å². The maximum Gasteiger partial charge on any atom is 0.132 e. The predicted molar refractivity (Wildman–Crippen MR) is 97.5 cm³/mol. The van der Waals surface area contributed by atoms with Crippen LogP contribution in [0, 0.1) is 0 Å². The molecule has 0 atom stereocenters. The Bertz CT molecular complexity index is 733. The summed E-state index contributed by atoms with van der Waals surface area (Å²) in [4.78, 5) is 3.99. The van der Waals surface area contributed by atoms with Gasteiger partial charge in [0.15, 0.2) is 0 Å². The fourth-order valence-electron chi connectivity index (χ4n) is 2.38.